The van der Waals surface area contributed by atoms with Crippen molar-refractivity contribution < 1.29 is 4.39 Å². The van der Waals surface area contributed by atoms with Crippen LogP contribution >= 0.6 is 0 Å². The summed E-state index contributed by atoms with van der Waals surface area (Å²) in [6.07, 6.45) is 1.70. The summed E-state index contributed by atoms with van der Waals surface area (Å²) in [5, 5.41) is 6.51. The van der Waals surface area contributed by atoms with E-state index in [-0.39, 0.29) is 23.3 Å². The van der Waals surface area contributed by atoms with Crippen LogP contribution in [0.3, 0.4) is 0 Å². The molecule has 6 nitrogen and oxygen atoms in total. The lowest BCUT2D eigenvalue weighted by Gasteiger charge is -2.22. The average molecular weight is 391 g/mol. The summed E-state index contributed by atoms with van der Waals surface area (Å²) in [5.74, 6) is -0.0514. The predicted octanol–water partition coefficient (Wildman–Crippen LogP) is 3.71. The van der Waals surface area contributed by atoms with Gasteiger partial charge in [-0.3, -0.25) is 14.9 Å². The number of rotatable bonds is 6. The molecule has 1 aromatic carbocycles. The molecule has 0 aliphatic rings. The molecule has 0 saturated carbocycles. The van der Waals surface area contributed by atoms with Gasteiger partial charge < -0.3 is 5.32 Å². The van der Waals surface area contributed by atoms with Crippen molar-refractivity contribution in [1.82, 2.24) is 24.9 Å². The molecule has 1 unspecified atom stereocenters. The SMILES string of the molecule is CC(C)C(NCc1ccc(F)cc1)c1cc(=O)n2[nH]c(-c3ccccn3)cc2n1. The van der Waals surface area contributed by atoms with E-state index >= 15 is 0 Å². The van der Waals surface area contributed by atoms with Crippen LogP contribution in [0.2, 0.25) is 0 Å². The Labute approximate surface area is 167 Å². The maximum Gasteiger partial charge on any atom is 0.272 e. The van der Waals surface area contributed by atoms with Crippen molar-refractivity contribution in [2.45, 2.75) is 26.4 Å². The van der Waals surface area contributed by atoms with E-state index < -0.39 is 0 Å². The monoisotopic (exact) mass is 391 g/mol. The fourth-order valence-electron chi connectivity index (χ4n) is 3.33. The lowest BCUT2D eigenvalue weighted by Crippen LogP contribution is -2.28. The highest BCUT2D eigenvalue weighted by Gasteiger charge is 2.19. The van der Waals surface area contributed by atoms with Gasteiger partial charge in [0.25, 0.3) is 5.56 Å². The van der Waals surface area contributed by atoms with Gasteiger partial charge in [0, 0.05) is 24.9 Å². The van der Waals surface area contributed by atoms with E-state index in [4.69, 9.17) is 4.98 Å². The summed E-state index contributed by atoms with van der Waals surface area (Å²) in [4.78, 5) is 21.7. The van der Waals surface area contributed by atoms with Crippen molar-refractivity contribution in [2.75, 3.05) is 0 Å². The molecule has 148 valence electrons. The van der Waals surface area contributed by atoms with Crippen LogP contribution < -0.4 is 10.9 Å². The molecule has 1 atom stereocenters. The van der Waals surface area contributed by atoms with E-state index in [0.29, 0.717) is 17.9 Å². The molecule has 0 fully saturated rings. The smallest absolute Gasteiger partial charge is 0.272 e. The third-order valence-corrected chi connectivity index (χ3v) is 4.84. The van der Waals surface area contributed by atoms with E-state index in [1.165, 1.54) is 16.6 Å². The fourth-order valence-corrected chi connectivity index (χ4v) is 3.33. The average Bonchev–Trinajstić information content (AvgIpc) is 3.15. The first-order valence-electron chi connectivity index (χ1n) is 9.53. The first-order chi connectivity index (χ1) is 14.0. The molecule has 0 bridgehead atoms. The van der Waals surface area contributed by atoms with E-state index in [0.717, 1.165) is 17.0 Å². The van der Waals surface area contributed by atoms with Crippen LogP contribution in [0, 0.1) is 11.7 Å². The molecule has 3 heterocycles. The molecule has 3 aromatic heterocycles. The van der Waals surface area contributed by atoms with Gasteiger partial charge in [0.1, 0.15) is 5.82 Å². The van der Waals surface area contributed by atoms with Crippen LogP contribution in [-0.4, -0.2) is 19.6 Å². The second kappa shape index (κ2) is 7.97. The first-order valence-corrected chi connectivity index (χ1v) is 9.53. The maximum atomic E-state index is 13.1. The summed E-state index contributed by atoms with van der Waals surface area (Å²) < 4.78 is 14.5. The number of fused-ring (bicyclic) bond motifs is 1. The second-order valence-electron chi connectivity index (χ2n) is 7.33. The number of benzene rings is 1. The zero-order chi connectivity index (χ0) is 20.4. The molecule has 0 aliphatic heterocycles. The summed E-state index contributed by atoms with van der Waals surface area (Å²) >= 11 is 0. The van der Waals surface area contributed by atoms with E-state index in [1.807, 2.05) is 24.3 Å². The quantitative estimate of drug-likeness (QED) is 0.525. The molecule has 2 N–H and O–H groups in total. The molecular weight excluding hydrogens is 369 g/mol. The van der Waals surface area contributed by atoms with E-state index in [9.17, 15) is 9.18 Å². The molecule has 0 saturated heterocycles. The summed E-state index contributed by atoms with van der Waals surface area (Å²) in [5.41, 5.74) is 3.48. The minimum absolute atomic E-state index is 0.119. The first kappa shape index (κ1) is 19.0. The van der Waals surface area contributed by atoms with Crippen LogP contribution in [0.5, 0.6) is 0 Å². The third-order valence-electron chi connectivity index (χ3n) is 4.84. The van der Waals surface area contributed by atoms with Crippen molar-refractivity contribution in [3.8, 4) is 11.4 Å². The van der Waals surface area contributed by atoms with Crippen molar-refractivity contribution in [1.29, 1.82) is 0 Å². The summed E-state index contributed by atoms with van der Waals surface area (Å²) in [7, 11) is 0. The Kier molecular flexibility index (Phi) is 5.22. The van der Waals surface area contributed by atoms with E-state index in [2.05, 4.69) is 29.2 Å². The molecule has 0 amide bonds. The largest absolute Gasteiger partial charge is 0.304 e. The van der Waals surface area contributed by atoms with Gasteiger partial charge in [-0.05, 0) is 35.7 Å². The Bertz CT molecular complexity index is 1170. The van der Waals surface area contributed by atoms with Gasteiger partial charge >= 0.3 is 0 Å². The van der Waals surface area contributed by atoms with Crippen molar-refractivity contribution in [3.05, 3.63) is 88.2 Å². The number of hydrogen-bond acceptors (Lipinski definition) is 4. The predicted molar refractivity (Wildman–Crippen MR) is 110 cm³/mol. The number of halogens is 1. The van der Waals surface area contributed by atoms with Gasteiger partial charge in [-0.2, -0.15) is 0 Å². The zero-order valence-electron chi connectivity index (χ0n) is 16.3. The molecule has 4 aromatic rings. The van der Waals surface area contributed by atoms with Crippen LogP contribution in [0.15, 0.2) is 65.6 Å². The van der Waals surface area contributed by atoms with Crippen molar-refractivity contribution >= 4 is 5.65 Å². The molecule has 4 rings (SSSR count). The van der Waals surface area contributed by atoms with Gasteiger partial charge in [-0.15, -0.1) is 0 Å². The number of aromatic nitrogens is 4. The number of H-pyrrole nitrogens is 1. The Morgan fingerprint density at radius 3 is 2.62 bits per heavy atom. The Morgan fingerprint density at radius 1 is 1.14 bits per heavy atom. The number of nitrogens with one attached hydrogen (secondary N) is 2. The summed E-state index contributed by atoms with van der Waals surface area (Å²) in [6.45, 7) is 4.70. The molecule has 0 aliphatic carbocycles. The Morgan fingerprint density at radius 2 is 1.93 bits per heavy atom. The van der Waals surface area contributed by atoms with Gasteiger partial charge in [0.05, 0.1) is 23.1 Å². The topological polar surface area (TPSA) is 75.1 Å². The number of hydrogen-bond donors (Lipinski definition) is 2. The lowest BCUT2D eigenvalue weighted by molar-refractivity contribution is 0.402. The van der Waals surface area contributed by atoms with Gasteiger partial charge in [-0.1, -0.05) is 32.0 Å². The highest BCUT2D eigenvalue weighted by Crippen LogP contribution is 2.22. The van der Waals surface area contributed by atoms with Crippen molar-refractivity contribution in [2.24, 2.45) is 5.92 Å². The van der Waals surface area contributed by atoms with Gasteiger partial charge in [0.2, 0.25) is 0 Å². The van der Waals surface area contributed by atoms with Crippen LogP contribution in [0.1, 0.15) is 31.1 Å². The third kappa shape index (κ3) is 4.09. The normalized spacial score (nSPS) is 12.6. The van der Waals surface area contributed by atoms with Crippen LogP contribution in [-0.2, 0) is 6.54 Å². The molecular formula is C22H22FN5O. The highest BCUT2D eigenvalue weighted by molar-refractivity contribution is 5.60. The molecule has 0 radical (unpaired) electrons. The zero-order valence-corrected chi connectivity index (χ0v) is 16.3. The minimum Gasteiger partial charge on any atom is -0.304 e. The van der Waals surface area contributed by atoms with Crippen molar-refractivity contribution in [3.63, 3.8) is 0 Å². The summed E-state index contributed by atoms with van der Waals surface area (Å²) in [6, 6.07) is 15.2. The standard InChI is InChI=1S/C22H22FN5O/c1-14(2)22(25-13-15-6-8-16(23)9-7-15)19-12-21(29)28-20(26-19)11-18(27-28)17-5-3-4-10-24-17/h3-12,14,22,25,27H,13H2,1-2H3. The molecule has 0 spiro atoms. The molecule has 29 heavy (non-hydrogen) atoms. The maximum absolute atomic E-state index is 13.1. The highest BCUT2D eigenvalue weighted by atomic mass is 19.1. The van der Waals surface area contributed by atoms with Crippen LogP contribution in [0.25, 0.3) is 17.0 Å². The number of aromatic amines is 1. The van der Waals surface area contributed by atoms with Gasteiger partial charge in [0.15, 0.2) is 5.65 Å². The minimum atomic E-state index is -0.259. The van der Waals surface area contributed by atoms with E-state index in [1.54, 1.807) is 24.4 Å². The number of nitrogens with zero attached hydrogens (tertiary/aromatic N) is 3. The Hall–Kier alpha value is -3.32. The number of pyridine rings is 1. The lowest BCUT2D eigenvalue weighted by atomic mass is 10.00. The fraction of sp³-hybridized carbons (Fsp3) is 0.227. The second-order valence-corrected chi connectivity index (χ2v) is 7.33. The Balaban J connectivity index is 1.65. The van der Waals surface area contributed by atoms with Gasteiger partial charge in [-0.25, -0.2) is 13.9 Å². The van der Waals surface area contributed by atoms with Crippen LogP contribution in [0.4, 0.5) is 4.39 Å². The molecule has 7 heteroatoms.